The Labute approximate surface area is 152 Å². The van der Waals surface area contributed by atoms with E-state index in [4.69, 9.17) is 4.74 Å². The quantitative estimate of drug-likeness (QED) is 0.551. The molecular formula is C18H15N3O2S2. The molecule has 126 valence electrons. The lowest BCUT2D eigenvalue weighted by Crippen LogP contribution is -2.13. The van der Waals surface area contributed by atoms with Crippen molar-refractivity contribution in [3.05, 3.63) is 59.0 Å². The summed E-state index contributed by atoms with van der Waals surface area (Å²) in [5.41, 5.74) is 2.19. The van der Waals surface area contributed by atoms with Crippen LogP contribution < -0.4 is 10.1 Å². The predicted octanol–water partition coefficient (Wildman–Crippen LogP) is 4.78. The highest BCUT2D eigenvalue weighted by atomic mass is 32.1. The first-order valence-electron chi connectivity index (χ1n) is 7.79. The summed E-state index contributed by atoms with van der Waals surface area (Å²) in [6.07, 6.45) is 1.91. The summed E-state index contributed by atoms with van der Waals surface area (Å²) >= 11 is 3.09. The van der Waals surface area contributed by atoms with Gasteiger partial charge in [0, 0.05) is 17.3 Å². The van der Waals surface area contributed by atoms with Crippen LogP contribution in [0.1, 0.15) is 17.4 Å². The Kier molecular flexibility index (Phi) is 4.25. The molecule has 0 aliphatic heterocycles. The van der Waals surface area contributed by atoms with Crippen LogP contribution >= 0.6 is 22.7 Å². The standard InChI is InChI=1S/C18H15N3O2S2/c1-2-23-13-7-5-12(6-8-13)19-17(22)15-11-25-18-20-14(10-21(15)18)16-4-3-9-24-16/h3-11H,2H2,1H3,(H,19,22). The Morgan fingerprint density at radius 3 is 2.80 bits per heavy atom. The van der Waals surface area contributed by atoms with Crippen molar-refractivity contribution in [2.45, 2.75) is 6.92 Å². The van der Waals surface area contributed by atoms with Gasteiger partial charge in [0.2, 0.25) is 0 Å². The highest BCUT2D eigenvalue weighted by Crippen LogP contribution is 2.27. The van der Waals surface area contributed by atoms with Crippen molar-refractivity contribution in [2.24, 2.45) is 0 Å². The third kappa shape index (κ3) is 3.16. The van der Waals surface area contributed by atoms with Crippen molar-refractivity contribution in [2.75, 3.05) is 11.9 Å². The number of aromatic nitrogens is 2. The average molecular weight is 369 g/mol. The number of ether oxygens (including phenoxy) is 1. The Morgan fingerprint density at radius 1 is 1.24 bits per heavy atom. The molecular weight excluding hydrogens is 354 g/mol. The molecule has 4 aromatic rings. The van der Waals surface area contributed by atoms with Crippen LogP contribution in [0.2, 0.25) is 0 Å². The van der Waals surface area contributed by atoms with E-state index in [-0.39, 0.29) is 5.91 Å². The normalized spacial score (nSPS) is 10.9. The summed E-state index contributed by atoms with van der Waals surface area (Å²) < 4.78 is 7.25. The zero-order valence-corrected chi connectivity index (χ0v) is 15.1. The van der Waals surface area contributed by atoms with Crippen LogP contribution in [0.25, 0.3) is 15.5 Å². The zero-order chi connectivity index (χ0) is 17.2. The molecule has 0 fully saturated rings. The maximum absolute atomic E-state index is 12.6. The van der Waals surface area contributed by atoms with E-state index in [1.165, 1.54) is 11.3 Å². The number of fused-ring (bicyclic) bond motifs is 1. The molecule has 5 nitrogen and oxygen atoms in total. The van der Waals surface area contributed by atoms with E-state index >= 15 is 0 Å². The molecule has 1 aromatic carbocycles. The average Bonchev–Trinajstić information content (AvgIpc) is 3.33. The number of carbonyl (C=O) groups is 1. The van der Waals surface area contributed by atoms with Gasteiger partial charge in [-0.25, -0.2) is 4.98 Å². The fraction of sp³-hybridized carbons (Fsp3) is 0.111. The first kappa shape index (κ1) is 15.9. The Bertz CT molecular complexity index is 1000. The highest BCUT2D eigenvalue weighted by Gasteiger charge is 2.15. The molecule has 0 aliphatic rings. The van der Waals surface area contributed by atoms with E-state index in [1.807, 2.05) is 64.7 Å². The molecule has 4 rings (SSSR count). The summed E-state index contributed by atoms with van der Waals surface area (Å²) in [4.78, 5) is 19.1. The molecule has 0 saturated heterocycles. The first-order valence-corrected chi connectivity index (χ1v) is 9.55. The maximum atomic E-state index is 12.6. The molecule has 0 radical (unpaired) electrons. The number of imidazole rings is 1. The number of nitrogens with one attached hydrogen (secondary N) is 1. The van der Waals surface area contributed by atoms with Crippen molar-refractivity contribution in [3.63, 3.8) is 0 Å². The molecule has 7 heteroatoms. The van der Waals surface area contributed by atoms with Crippen molar-refractivity contribution in [1.29, 1.82) is 0 Å². The van der Waals surface area contributed by atoms with Gasteiger partial charge in [0.05, 0.1) is 11.5 Å². The van der Waals surface area contributed by atoms with Gasteiger partial charge in [-0.3, -0.25) is 9.20 Å². The Morgan fingerprint density at radius 2 is 2.08 bits per heavy atom. The molecule has 1 N–H and O–H groups in total. The summed E-state index contributed by atoms with van der Waals surface area (Å²) in [7, 11) is 0. The van der Waals surface area contributed by atoms with Crippen LogP contribution in [0.15, 0.2) is 53.4 Å². The van der Waals surface area contributed by atoms with Crippen LogP contribution in [-0.2, 0) is 0 Å². The third-order valence-corrected chi connectivity index (χ3v) is 5.37. The van der Waals surface area contributed by atoms with E-state index in [9.17, 15) is 4.79 Å². The van der Waals surface area contributed by atoms with Gasteiger partial charge >= 0.3 is 0 Å². The minimum atomic E-state index is -0.162. The molecule has 0 bridgehead atoms. The van der Waals surface area contributed by atoms with Crippen LogP contribution in [0.4, 0.5) is 5.69 Å². The molecule has 1 amide bonds. The van der Waals surface area contributed by atoms with Gasteiger partial charge in [-0.1, -0.05) is 6.07 Å². The summed E-state index contributed by atoms with van der Waals surface area (Å²) in [5.74, 6) is 0.624. The molecule has 3 heterocycles. The van der Waals surface area contributed by atoms with Crippen molar-refractivity contribution < 1.29 is 9.53 Å². The van der Waals surface area contributed by atoms with Gasteiger partial charge in [-0.2, -0.15) is 0 Å². The fourth-order valence-corrected chi connectivity index (χ4v) is 4.02. The van der Waals surface area contributed by atoms with E-state index in [0.29, 0.717) is 12.3 Å². The Balaban J connectivity index is 1.57. The van der Waals surface area contributed by atoms with E-state index in [2.05, 4.69) is 10.3 Å². The molecule has 0 saturated carbocycles. The monoisotopic (exact) mass is 369 g/mol. The number of hydrogen-bond donors (Lipinski definition) is 1. The number of anilines is 1. The smallest absolute Gasteiger partial charge is 0.273 e. The Hall–Kier alpha value is -2.64. The lowest BCUT2D eigenvalue weighted by molar-refractivity contribution is 0.102. The van der Waals surface area contributed by atoms with E-state index < -0.39 is 0 Å². The third-order valence-electron chi connectivity index (χ3n) is 3.64. The fourth-order valence-electron chi connectivity index (χ4n) is 2.49. The topological polar surface area (TPSA) is 55.6 Å². The molecule has 3 aromatic heterocycles. The van der Waals surface area contributed by atoms with Crippen molar-refractivity contribution in [1.82, 2.24) is 9.38 Å². The molecule has 0 spiro atoms. The minimum absolute atomic E-state index is 0.162. The summed E-state index contributed by atoms with van der Waals surface area (Å²) in [5, 5.41) is 6.76. The van der Waals surface area contributed by atoms with Crippen LogP contribution in [-0.4, -0.2) is 21.9 Å². The van der Waals surface area contributed by atoms with Gasteiger partial charge in [-0.15, -0.1) is 22.7 Å². The molecule has 0 unspecified atom stereocenters. The van der Waals surface area contributed by atoms with Gasteiger partial charge in [0.25, 0.3) is 5.91 Å². The van der Waals surface area contributed by atoms with Gasteiger partial charge < -0.3 is 10.1 Å². The van der Waals surface area contributed by atoms with Gasteiger partial charge in [0.1, 0.15) is 17.1 Å². The van der Waals surface area contributed by atoms with Gasteiger partial charge in [0.15, 0.2) is 4.96 Å². The maximum Gasteiger partial charge on any atom is 0.273 e. The SMILES string of the molecule is CCOc1ccc(NC(=O)c2csc3nc(-c4cccs4)cn23)cc1. The van der Waals surface area contributed by atoms with Crippen molar-refractivity contribution in [3.8, 4) is 16.3 Å². The lowest BCUT2D eigenvalue weighted by Gasteiger charge is -2.06. The number of carbonyl (C=O) groups excluding carboxylic acids is 1. The van der Waals surface area contributed by atoms with E-state index in [0.717, 1.165) is 27.0 Å². The first-order chi connectivity index (χ1) is 12.2. The number of benzene rings is 1. The van der Waals surface area contributed by atoms with Crippen LogP contribution in [0, 0.1) is 0 Å². The van der Waals surface area contributed by atoms with Crippen LogP contribution in [0.5, 0.6) is 5.75 Å². The molecule has 25 heavy (non-hydrogen) atoms. The number of rotatable bonds is 5. The number of thiazole rings is 1. The number of thiophene rings is 1. The second-order valence-corrected chi connectivity index (χ2v) is 7.07. The summed E-state index contributed by atoms with van der Waals surface area (Å²) in [6, 6.07) is 11.4. The van der Waals surface area contributed by atoms with Crippen molar-refractivity contribution >= 4 is 39.2 Å². The highest BCUT2D eigenvalue weighted by molar-refractivity contribution is 7.15. The van der Waals surface area contributed by atoms with E-state index in [1.54, 1.807) is 11.3 Å². The zero-order valence-electron chi connectivity index (χ0n) is 13.4. The molecule has 0 aliphatic carbocycles. The second kappa shape index (κ2) is 6.70. The van der Waals surface area contributed by atoms with Gasteiger partial charge in [-0.05, 0) is 42.6 Å². The summed E-state index contributed by atoms with van der Waals surface area (Å²) in [6.45, 7) is 2.55. The number of hydrogen-bond acceptors (Lipinski definition) is 5. The number of amides is 1. The second-order valence-electron chi connectivity index (χ2n) is 5.29. The predicted molar refractivity (Wildman–Crippen MR) is 102 cm³/mol. The largest absolute Gasteiger partial charge is 0.494 e. The molecule has 0 atom stereocenters. The lowest BCUT2D eigenvalue weighted by atomic mass is 10.3. The van der Waals surface area contributed by atoms with Crippen LogP contribution in [0.3, 0.4) is 0 Å². The number of nitrogens with zero attached hydrogens (tertiary/aromatic N) is 2. The minimum Gasteiger partial charge on any atom is -0.494 e.